The predicted molar refractivity (Wildman–Crippen MR) is 102 cm³/mol. The molecule has 0 aliphatic rings. The van der Waals surface area contributed by atoms with Crippen molar-refractivity contribution in [2.45, 2.75) is 16.3 Å². The first-order chi connectivity index (χ1) is 12.3. The first kappa shape index (κ1) is 16.1. The maximum Gasteiger partial charge on any atom is 0.169 e. The van der Waals surface area contributed by atoms with E-state index in [0.717, 1.165) is 32.4 Å². The summed E-state index contributed by atoms with van der Waals surface area (Å²) < 4.78 is 1.97. The molecule has 4 aromatic rings. The molecular weight excluding hydrogens is 352 g/mol. The van der Waals surface area contributed by atoms with Crippen LogP contribution in [0.2, 0.25) is 5.02 Å². The summed E-state index contributed by atoms with van der Waals surface area (Å²) in [5.41, 5.74) is 8.62. The van der Waals surface area contributed by atoms with Gasteiger partial charge in [-0.3, -0.25) is 4.40 Å². The lowest BCUT2D eigenvalue weighted by molar-refractivity contribution is 1.03. The molecule has 0 radical (unpaired) electrons. The summed E-state index contributed by atoms with van der Waals surface area (Å²) in [4.78, 5) is 2.23. The van der Waals surface area contributed by atoms with Crippen LogP contribution in [-0.2, 0) is 6.54 Å². The van der Waals surface area contributed by atoms with Crippen LogP contribution in [0.1, 0.15) is 5.56 Å². The Labute approximate surface area is 154 Å². The van der Waals surface area contributed by atoms with E-state index in [1.165, 1.54) is 0 Å². The molecule has 0 saturated heterocycles. The molecule has 2 N–H and O–H groups in total. The van der Waals surface area contributed by atoms with Gasteiger partial charge in [0.2, 0.25) is 0 Å². The van der Waals surface area contributed by atoms with Gasteiger partial charge in [0.05, 0.1) is 5.02 Å². The van der Waals surface area contributed by atoms with Gasteiger partial charge in [-0.2, -0.15) is 0 Å². The van der Waals surface area contributed by atoms with Gasteiger partial charge in [0.15, 0.2) is 11.5 Å². The van der Waals surface area contributed by atoms with E-state index in [1.54, 1.807) is 11.8 Å². The molecule has 0 unspecified atom stereocenters. The van der Waals surface area contributed by atoms with Gasteiger partial charge in [-0.05, 0) is 35.9 Å². The lowest BCUT2D eigenvalue weighted by atomic mass is 10.2. The average molecular weight is 367 g/mol. The van der Waals surface area contributed by atoms with Gasteiger partial charge in [-0.1, -0.05) is 53.7 Å². The highest BCUT2D eigenvalue weighted by atomic mass is 35.5. The highest BCUT2D eigenvalue weighted by Crippen LogP contribution is 2.32. The first-order valence-corrected chi connectivity index (χ1v) is 9.01. The number of hydrogen-bond donors (Lipinski definition) is 1. The van der Waals surface area contributed by atoms with E-state index in [4.69, 9.17) is 17.3 Å². The fourth-order valence-electron chi connectivity index (χ4n) is 2.66. The van der Waals surface area contributed by atoms with Crippen molar-refractivity contribution in [3.8, 4) is 11.4 Å². The van der Waals surface area contributed by atoms with Crippen molar-refractivity contribution in [3.63, 3.8) is 0 Å². The second-order valence-corrected chi connectivity index (χ2v) is 7.03. The topological polar surface area (TPSA) is 56.2 Å². The Morgan fingerprint density at radius 1 is 0.960 bits per heavy atom. The summed E-state index contributed by atoms with van der Waals surface area (Å²) in [6, 6.07) is 19.8. The number of aromatic nitrogens is 3. The minimum Gasteiger partial charge on any atom is -0.326 e. The van der Waals surface area contributed by atoms with E-state index >= 15 is 0 Å². The average Bonchev–Trinajstić information content (AvgIpc) is 3.06. The van der Waals surface area contributed by atoms with E-state index in [0.29, 0.717) is 11.6 Å². The SMILES string of the molecule is NCc1ccccc1Sc1ccc2nnc(-c3ccccc3Cl)n2c1. The van der Waals surface area contributed by atoms with Crippen molar-refractivity contribution in [1.29, 1.82) is 0 Å². The smallest absolute Gasteiger partial charge is 0.169 e. The number of fused-ring (bicyclic) bond motifs is 1. The predicted octanol–water partition coefficient (Wildman–Crippen LogP) is 4.66. The molecule has 0 bridgehead atoms. The molecule has 6 heteroatoms. The van der Waals surface area contributed by atoms with E-state index in [2.05, 4.69) is 22.3 Å². The standard InChI is InChI=1S/C19H15ClN4S/c20-16-7-3-2-6-15(16)19-23-22-18-10-9-14(12-24(18)19)25-17-8-4-1-5-13(17)11-21/h1-10,12H,11,21H2. The van der Waals surface area contributed by atoms with Crippen LogP contribution in [0.25, 0.3) is 17.0 Å². The molecule has 0 saturated carbocycles. The fraction of sp³-hybridized carbons (Fsp3) is 0.0526. The van der Waals surface area contributed by atoms with Crippen molar-refractivity contribution in [2.75, 3.05) is 0 Å². The molecule has 124 valence electrons. The normalized spacial score (nSPS) is 11.1. The third-order valence-electron chi connectivity index (χ3n) is 3.91. The first-order valence-electron chi connectivity index (χ1n) is 7.82. The molecule has 0 aliphatic carbocycles. The maximum atomic E-state index is 6.32. The lowest BCUT2D eigenvalue weighted by Crippen LogP contribution is -1.97. The van der Waals surface area contributed by atoms with E-state index < -0.39 is 0 Å². The van der Waals surface area contributed by atoms with Crippen LogP contribution in [-0.4, -0.2) is 14.6 Å². The third kappa shape index (κ3) is 3.14. The van der Waals surface area contributed by atoms with Crippen molar-refractivity contribution >= 4 is 29.0 Å². The van der Waals surface area contributed by atoms with E-state index in [9.17, 15) is 0 Å². The third-order valence-corrected chi connectivity index (χ3v) is 5.34. The molecule has 0 atom stereocenters. The summed E-state index contributed by atoms with van der Waals surface area (Å²) >= 11 is 8.00. The highest BCUT2D eigenvalue weighted by molar-refractivity contribution is 7.99. The molecular formula is C19H15ClN4S. The lowest BCUT2D eigenvalue weighted by Gasteiger charge is -2.08. The number of benzene rings is 2. The van der Waals surface area contributed by atoms with E-state index in [-0.39, 0.29) is 0 Å². The van der Waals surface area contributed by atoms with Gasteiger partial charge in [0, 0.05) is 28.1 Å². The maximum absolute atomic E-state index is 6.32. The quantitative estimate of drug-likeness (QED) is 0.570. The number of nitrogens with two attached hydrogens (primary N) is 1. The minimum absolute atomic E-state index is 0.517. The molecule has 0 aliphatic heterocycles. The zero-order valence-electron chi connectivity index (χ0n) is 13.3. The fourth-order valence-corrected chi connectivity index (χ4v) is 3.85. The molecule has 2 aromatic carbocycles. The van der Waals surface area contributed by atoms with Crippen molar-refractivity contribution in [1.82, 2.24) is 14.6 Å². The second kappa shape index (κ2) is 6.88. The molecule has 0 amide bonds. The molecule has 2 aromatic heterocycles. The van der Waals surface area contributed by atoms with Crippen LogP contribution in [0, 0.1) is 0 Å². The van der Waals surface area contributed by atoms with Crippen LogP contribution in [0.15, 0.2) is 76.7 Å². The summed E-state index contributed by atoms with van der Waals surface area (Å²) in [7, 11) is 0. The van der Waals surface area contributed by atoms with Crippen molar-refractivity contribution < 1.29 is 0 Å². The van der Waals surface area contributed by atoms with Gasteiger partial charge >= 0.3 is 0 Å². The summed E-state index contributed by atoms with van der Waals surface area (Å²) in [6.07, 6.45) is 2.03. The van der Waals surface area contributed by atoms with Crippen LogP contribution in [0.5, 0.6) is 0 Å². The van der Waals surface area contributed by atoms with Crippen LogP contribution in [0.4, 0.5) is 0 Å². The van der Waals surface area contributed by atoms with Crippen LogP contribution < -0.4 is 5.73 Å². The Kier molecular flexibility index (Phi) is 4.44. The van der Waals surface area contributed by atoms with Crippen LogP contribution in [0.3, 0.4) is 0 Å². The number of pyridine rings is 1. The number of halogens is 1. The highest BCUT2D eigenvalue weighted by Gasteiger charge is 2.12. The molecule has 4 nitrogen and oxygen atoms in total. The van der Waals surface area contributed by atoms with Gasteiger partial charge in [0.1, 0.15) is 0 Å². The Hall–Kier alpha value is -2.34. The Morgan fingerprint density at radius 2 is 1.76 bits per heavy atom. The summed E-state index contributed by atoms with van der Waals surface area (Å²) in [5.74, 6) is 0.732. The Morgan fingerprint density at radius 3 is 2.60 bits per heavy atom. The zero-order valence-corrected chi connectivity index (χ0v) is 14.8. The zero-order chi connectivity index (χ0) is 17.2. The minimum atomic E-state index is 0.517. The molecule has 0 spiro atoms. The Balaban J connectivity index is 1.78. The number of nitrogens with zero attached hydrogens (tertiary/aromatic N) is 3. The summed E-state index contributed by atoms with van der Waals surface area (Å²) in [6.45, 7) is 0.517. The molecule has 4 rings (SSSR count). The summed E-state index contributed by atoms with van der Waals surface area (Å²) in [5, 5.41) is 9.21. The Bertz CT molecular complexity index is 1040. The monoisotopic (exact) mass is 366 g/mol. The van der Waals surface area contributed by atoms with Crippen LogP contribution >= 0.6 is 23.4 Å². The van der Waals surface area contributed by atoms with Gasteiger partial charge in [-0.15, -0.1) is 10.2 Å². The van der Waals surface area contributed by atoms with Crippen molar-refractivity contribution in [3.05, 3.63) is 77.4 Å². The molecule has 25 heavy (non-hydrogen) atoms. The van der Waals surface area contributed by atoms with Crippen molar-refractivity contribution in [2.24, 2.45) is 5.73 Å². The largest absolute Gasteiger partial charge is 0.326 e. The number of rotatable bonds is 4. The molecule has 0 fully saturated rings. The van der Waals surface area contributed by atoms with Gasteiger partial charge < -0.3 is 5.73 Å². The second-order valence-electron chi connectivity index (χ2n) is 5.51. The van der Waals surface area contributed by atoms with Gasteiger partial charge in [-0.25, -0.2) is 0 Å². The number of hydrogen-bond acceptors (Lipinski definition) is 4. The van der Waals surface area contributed by atoms with E-state index in [1.807, 2.05) is 59.1 Å². The molecule has 2 heterocycles. The van der Waals surface area contributed by atoms with Gasteiger partial charge in [0.25, 0.3) is 0 Å².